The van der Waals surface area contributed by atoms with Crippen molar-refractivity contribution >= 4 is 0 Å². The van der Waals surface area contributed by atoms with Crippen molar-refractivity contribution in [1.82, 2.24) is 10.2 Å². The van der Waals surface area contributed by atoms with E-state index in [0.29, 0.717) is 12.1 Å². The predicted molar refractivity (Wildman–Crippen MR) is 82.4 cm³/mol. The van der Waals surface area contributed by atoms with Gasteiger partial charge in [-0.05, 0) is 25.5 Å². The van der Waals surface area contributed by atoms with Crippen LogP contribution >= 0.6 is 0 Å². The first kappa shape index (κ1) is 14.5. The van der Waals surface area contributed by atoms with Gasteiger partial charge in [0.2, 0.25) is 0 Å². The maximum Gasteiger partial charge on any atom is 0.0449 e. The summed E-state index contributed by atoms with van der Waals surface area (Å²) in [5.74, 6) is 0. The van der Waals surface area contributed by atoms with E-state index in [-0.39, 0.29) is 0 Å². The summed E-state index contributed by atoms with van der Waals surface area (Å²) in [5, 5.41) is 3.68. The van der Waals surface area contributed by atoms with Crippen LogP contribution in [0.4, 0.5) is 0 Å². The quantitative estimate of drug-likeness (QED) is 0.786. The smallest absolute Gasteiger partial charge is 0.0449 e. The molecule has 1 N–H and O–H groups in total. The van der Waals surface area contributed by atoms with Crippen molar-refractivity contribution in [3.63, 3.8) is 0 Å². The van der Waals surface area contributed by atoms with E-state index in [9.17, 15) is 0 Å². The molecule has 0 bridgehead atoms. The molecule has 1 aromatic rings. The van der Waals surface area contributed by atoms with E-state index < -0.39 is 0 Å². The molecular formula is C17H28N2. The molecule has 2 unspecified atom stereocenters. The zero-order chi connectivity index (χ0) is 13.5. The van der Waals surface area contributed by atoms with Gasteiger partial charge < -0.3 is 5.32 Å². The van der Waals surface area contributed by atoms with Gasteiger partial charge in [-0.15, -0.1) is 0 Å². The lowest BCUT2D eigenvalue weighted by Crippen LogP contribution is -2.51. The lowest BCUT2D eigenvalue weighted by molar-refractivity contribution is 0.138. The number of rotatable bonds is 6. The van der Waals surface area contributed by atoms with Crippen LogP contribution in [0.3, 0.4) is 0 Å². The Labute approximate surface area is 118 Å². The maximum atomic E-state index is 3.68. The first-order valence-corrected chi connectivity index (χ1v) is 7.83. The fourth-order valence-electron chi connectivity index (χ4n) is 2.88. The molecule has 2 rings (SSSR count). The van der Waals surface area contributed by atoms with Gasteiger partial charge in [0.25, 0.3) is 0 Å². The van der Waals surface area contributed by atoms with Crippen LogP contribution < -0.4 is 5.32 Å². The van der Waals surface area contributed by atoms with Crippen LogP contribution in [0.2, 0.25) is 0 Å². The van der Waals surface area contributed by atoms with Gasteiger partial charge >= 0.3 is 0 Å². The molecule has 1 fully saturated rings. The summed E-state index contributed by atoms with van der Waals surface area (Å²) < 4.78 is 0. The van der Waals surface area contributed by atoms with Crippen LogP contribution in [-0.4, -0.2) is 30.6 Å². The maximum absolute atomic E-state index is 3.68. The topological polar surface area (TPSA) is 15.3 Å². The van der Waals surface area contributed by atoms with Gasteiger partial charge in [-0.1, -0.05) is 56.5 Å². The van der Waals surface area contributed by atoms with Crippen LogP contribution in [0.5, 0.6) is 0 Å². The average Bonchev–Trinajstić information content (AvgIpc) is 2.46. The zero-order valence-electron chi connectivity index (χ0n) is 12.4. The molecule has 0 aliphatic carbocycles. The third-order valence-corrected chi connectivity index (χ3v) is 4.20. The lowest BCUT2D eigenvalue weighted by atomic mass is 10.0. The molecular weight excluding hydrogens is 232 g/mol. The molecule has 0 radical (unpaired) electrons. The summed E-state index contributed by atoms with van der Waals surface area (Å²) in [6.07, 6.45) is 5.43. The molecule has 1 aliphatic rings. The highest BCUT2D eigenvalue weighted by Gasteiger charge is 2.25. The Bertz CT molecular complexity index is 350. The van der Waals surface area contributed by atoms with Gasteiger partial charge in [-0.25, -0.2) is 0 Å². The summed E-state index contributed by atoms with van der Waals surface area (Å²) in [6.45, 7) is 8.13. The second kappa shape index (κ2) is 7.66. The summed E-state index contributed by atoms with van der Waals surface area (Å²) in [7, 11) is 0. The Morgan fingerprint density at radius 3 is 2.68 bits per heavy atom. The minimum atomic E-state index is 0.503. The van der Waals surface area contributed by atoms with Gasteiger partial charge in [-0.2, -0.15) is 0 Å². The standard InChI is InChI=1S/C17H28N2/c1-3-4-5-9-12-19-14-17(18-13-15(19)2)16-10-7-6-8-11-16/h6-8,10-11,15,17-18H,3-5,9,12-14H2,1-2H3. The number of hydrogen-bond acceptors (Lipinski definition) is 2. The molecule has 0 saturated carbocycles. The van der Waals surface area contributed by atoms with Crippen molar-refractivity contribution in [3.05, 3.63) is 35.9 Å². The van der Waals surface area contributed by atoms with Crippen molar-refractivity contribution in [1.29, 1.82) is 0 Å². The summed E-state index contributed by atoms with van der Waals surface area (Å²) in [5.41, 5.74) is 1.42. The number of hydrogen-bond donors (Lipinski definition) is 1. The van der Waals surface area contributed by atoms with Gasteiger partial charge in [0.1, 0.15) is 0 Å². The molecule has 0 spiro atoms. The molecule has 1 aromatic carbocycles. The lowest BCUT2D eigenvalue weighted by Gasteiger charge is -2.39. The zero-order valence-corrected chi connectivity index (χ0v) is 12.4. The van der Waals surface area contributed by atoms with Crippen LogP contribution in [0.1, 0.15) is 51.1 Å². The van der Waals surface area contributed by atoms with Crippen LogP contribution in [0.25, 0.3) is 0 Å². The monoisotopic (exact) mass is 260 g/mol. The second-order valence-electron chi connectivity index (χ2n) is 5.78. The highest BCUT2D eigenvalue weighted by atomic mass is 15.2. The van der Waals surface area contributed by atoms with E-state index >= 15 is 0 Å². The van der Waals surface area contributed by atoms with Gasteiger partial charge in [0.15, 0.2) is 0 Å². The third kappa shape index (κ3) is 4.32. The van der Waals surface area contributed by atoms with Gasteiger partial charge in [-0.3, -0.25) is 4.90 Å². The summed E-state index contributed by atoms with van der Waals surface area (Å²) in [4.78, 5) is 2.66. The molecule has 2 nitrogen and oxygen atoms in total. The first-order valence-electron chi connectivity index (χ1n) is 7.83. The largest absolute Gasteiger partial charge is 0.307 e. The van der Waals surface area contributed by atoms with Crippen LogP contribution in [-0.2, 0) is 0 Å². The first-order chi connectivity index (χ1) is 9.31. The minimum Gasteiger partial charge on any atom is -0.307 e. The van der Waals surface area contributed by atoms with E-state index in [2.05, 4.69) is 54.4 Å². The molecule has 106 valence electrons. The van der Waals surface area contributed by atoms with E-state index in [1.807, 2.05) is 0 Å². The Hall–Kier alpha value is -0.860. The minimum absolute atomic E-state index is 0.503. The van der Waals surface area contributed by atoms with E-state index in [1.165, 1.54) is 37.8 Å². The second-order valence-corrected chi connectivity index (χ2v) is 5.78. The molecule has 0 amide bonds. The third-order valence-electron chi connectivity index (χ3n) is 4.20. The number of piperazine rings is 1. The van der Waals surface area contributed by atoms with Crippen molar-refractivity contribution in [3.8, 4) is 0 Å². The Morgan fingerprint density at radius 1 is 1.16 bits per heavy atom. The van der Waals surface area contributed by atoms with Crippen molar-refractivity contribution < 1.29 is 0 Å². The van der Waals surface area contributed by atoms with Crippen molar-refractivity contribution in [2.45, 2.75) is 51.6 Å². The van der Waals surface area contributed by atoms with Crippen molar-refractivity contribution in [2.75, 3.05) is 19.6 Å². The summed E-state index contributed by atoms with van der Waals surface area (Å²) in [6, 6.07) is 12.0. The van der Waals surface area contributed by atoms with Crippen LogP contribution in [0, 0.1) is 0 Å². The molecule has 1 heterocycles. The number of benzene rings is 1. The van der Waals surface area contributed by atoms with E-state index in [0.717, 1.165) is 13.1 Å². The van der Waals surface area contributed by atoms with Crippen molar-refractivity contribution in [2.24, 2.45) is 0 Å². The SMILES string of the molecule is CCCCCCN1CC(c2ccccc2)NCC1C. The van der Waals surface area contributed by atoms with Gasteiger partial charge in [0, 0.05) is 25.2 Å². The predicted octanol–water partition coefficient (Wildman–Crippen LogP) is 3.60. The Kier molecular flexibility index (Phi) is 5.87. The number of unbranched alkanes of at least 4 members (excludes halogenated alkanes) is 3. The molecule has 2 atom stereocenters. The molecule has 2 heteroatoms. The van der Waals surface area contributed by atoms with E-state index in [4.69, 9.17) is 0 Å². The average molecular weight is 260 g/mol. The normalized spacial score (nSPS) is 24.5. The molecule has 1 aliphatic heterocycles. The molecule has 0 aromatic heterocycles. The number of nitrogens with one attached hydrogen (secondary N) is 1. The fraction of sp³-hybridized carbons (Fsp3) is 0.647. The van der Waals surface area contributed by atoms with E-state index in [1.54, 1.807) is 0 Å². The molecule has 1 saturated heterocycles. The van der Waals surface area contributed by atoms with Gasteiger partial charge in [0.05, 0.1) is 0 Å². The molecule has 19 heavy (non-hydrogen) atoms. The fourth-order valence-corrected chi connectivity index (χ4v) is 2.88. The Morgan fingerprint density at radius 2 is 1.95 bits per heavy atom. The Balaban J connectivity index is 1.85. The van der Waals surface area contributed by atoms with Crippen LogP contribution in [0.15, 0.2) is 30.3 Å². The number of nitrogens with zero attached hydrogens (tertiary/aromatic N) is 1. The highest BCUT2D eigenvalue weighted by molar-refractivity contribution is 5.20. The highest BCUT2D eigenvalue weighted by Crippen LogP contribution is 2.20. The summed E-state index contributed by atoms with van der Waals surface area (Å²) >= 11 is 0.